The van der Waals surface area contributed by atoms with Crippen LogP contribution in [0.1, 0.15) is 5.56 Å². The van der Waals surface area contributed by atoms with Crippen LogP contribution < -0.4 is 0 Å². The van der Waals surface area contributed by atoms with Crippen molar-refractivity contribution in [2.45, 2.75) is 6.92 Å². The molecule has 0 aliphatic carbocycles. The summed E-state index contributed by atoms with van der Waals surface area (Å²) in [5, 5.41) is 0. The van der Waals surface area contributed by atoms with Crippen molar-refractivity contribution in [1.29, 1.82) is 0 Å². The Morgan fingerprint density at radius 1 is 0.708 bits per heavy atom. The molecule has 0 saturated carbocycles. The minimum atomic E-state index is 0.876. The van der Waals surface area contributed by atoms with Crippen LogP contribution >= 0.6 is 0 Å². The number of aryl methyl sites for hydroxylation is 1. The Bertz CT molecular complexity index is 883. The standard InChI is InChI=1S/C21H17N3/c1-15-7-9-18(10-8-15)21-23-19(16-5-3-2-4-6-16)20(24-21)17-11-13-22-14-12-17/h2-14H,1H3,(H,23,24). The maximum Gasteiger partial charge on any atom is 0.138 e. The average molecular weight is 311 g/mol. The van der Waals surface area contributed by atoms with Gasteiger partial charge in [-0.1, -0.05) is 60.2 Å². The molecule has 0 aliphatic rings. The Morgan fingerprint density at radius 2 is 1.42 bits per heavy atom. The zero-order chi connectivity index (χ0) is 16.4. The van der Waals surface area contributed by atoms with Crippen molar-refractivity contribution < 1.29 is 0 Å². The topological polar surface area (TPSA) is 41.6 Å². The summed E-state index contributed by atoms with van der Waals surface area (Å²) in [6.45, 7) is 2.09. The van der Waals surface area contributed by atoms with Crippen molar-refractivity contribution in [3.8, 4) is 33.9 Å². The summed E-state index contributed by atoms with van der Waals surface area (Å²) in [5.41, 5.74) is 6.46. The van der Waals surface area contributed by atoms with E-state index < -0.39 is 0 Å². The van der Waals surface area contributed by atoms with Crippen molar-refractivity contribution in [2.75, 3.05) is 0 Å². The van der Waals surface area contributed by atoms with Crippen LogP contribution in [0.2, 0.25) is 0 Å². The Morgan fingerprint density at radius 3 is 2.12 bits per heavy atom. The summed E-state index contributed by atoms with van der Waals surface area (Å²) in [5.74, 6) is 0.876. The van der Waals surface area contributed by atoms with E-state index in [0.29, 0.717) is 0 Å². The number of rotatable bonds is 3. The number of nitrogens with zero attached hydrogens (tertiary/aromatic N) is 2. The predicted octanol–water partition coefficient (Wildman–Crippen LogP) is 5.11. The molecule has 2 heterocycles. The highest BCUT2D eigenvalue weighted by molar-refractivity contribution is 5.81. The fraction of sp³-hybridized carbons (Fsp3) is 0.0476. The van der Waals surface area contributed by atoms with Crippen LogP contribution in [-0.2, 0) is 0 Å². The molecule has 4 aromatic rings. The molecule has 0 aliphatic heterocycles. The van der Waals surface area contributed by atoms with Crippen LogP contribution in [0.15, 0.2) is 79.1 Å². The lowest BCUT2D eigenvalue weighted by molar-refractivity contribution is 1.29. The highest BCUT2D eigenvalue weighted by Gasteiger charge is 2.14. The van der Waals surface area contributed by atoms with E-state index in [-0.39, 0.29) is 0 Å². The minimum absolute atomic E-state index is 0.876. The van der Waals surface area contributed by atoms with Crippen LogP contribution in [0.25, 0.3) is 33.9 Å². The van der Waals surface area contributed by atoms with E-state index >= 15 is 0 Å². The third kappa shape index (κ3) is 2.72. The molecular formula is C21H17N3. The van der Waals surface area contributed by atoms with Gasteiger partial charge in [0, 0.05) is 29.1 Å². The van der Waals surface area contributed by atoms with Gasteiger partial charge in [0.05, 0.1) is 11.4 Å². The number of benzene rings is 2. The van der Waals surface area contributed by atoms with Crippen molar-refractivity contribution in [3.05, 3.63) is 84.7 Å². The number of pyridine rings is 1. The molecule has 24 heavy (non-hydrogen) atoms. The molecule has 2 aromatic carbocycles. The average Bonchev–Trinajstić information content (AvgIpc) is 3.09. The van der Waals surface area contributed by atoms with Crippen LogP contribution in [0.3, 0.4) is 0 Å². The molecule has 0 atom stereocenters. The predicted molar refractivity (Wildman–Crippen MR) is 97.4 cm³/mol. The van der Waals surface area contributed by atoms with Gasteiger partial charge in [-0.05, 0) is 19.1 Å². The highest BCUT2D eigenvalue weighted by atomic mass is 14.9. The molecule has 0 saturated heterocycles. The Hall–Kier alpha value is -3.20. The smallest absolute Gasteiger partial charge is 0.138 e. The van der Waals surface area contributed by atoms with Gasteiger partial charge < -0.3 is 4.98 Å². The molecule has 2 aromatic heterocycles. The van der Waals surface area contributed by atoms with Crippen LogP contribution in [0.4, 0.5) is 0 Å². The minimum Gasteiger partial charge on any atom is -0.337 e. The van der Waals surface area contributed by atoms with Gasteiger partial charge in [0.15, 0.2) is 0 Å². The SMILES string of the molecule is Cc1ccc(-c2nc(-c3ccccc3)c(-c3ccncc3)[nH]2)cc1. The summed E-state index contributed by atoms with van der Waals surface area (Å²) in [7, 11) is 0. The number of H-pyrrole nitrogens is 1. The lowest BCUT2D eigenvalue weighted by Crippen LogP contribution is -1.83. The summed E-state index contributed by atoms with van der Waals surface area (Å²) in [6, 6.07) is 22.6. The van der Waals surface area contributed by atoms with Gasteiger partial charge in [-0.3, -0.25) is 4.98 Å². The zero-order valence-electron chi connectivity index (χ0n) is 13.4. The van der Waals surface area contributed by atoms with Crippen molar-refractivity contribution in [3.63, 3.8) is 0 Å². The Kier molecular flexibility index (Phi) is 3.67. The molecule has 116 valence electrons. The molecule has 0 amide bonds. The van der Waals surface area contributed by atoms with Crippen LogP contribution in [0, 0.1) is 6.92 Å². The highest BCUT2D eigenvalue weighted by Crippen LogP contribution is 2.32. The first kappa shape index (κ1) is 14.4. The third-order valence-electron chi connectivity index (χ3n) is 4.05. The van der Waals surface area contributed by atoms with E-state index in [1.807, 2.05) is 30.3 Å². The Balaban J connectivity index is 1.89. The molecular weight excluding hydrogens is 294 g/mol. The summed E-state index contributed by atoms with van der Waals surface area (Å²) < 4.78 is 0. The molecule has 3 heteroatoms. The second-order valence-corrected chi connectivity index (χ2v) is 5.78. The monoisotopic (exact) mass is 311 g/mol. The van der Waals surface area contributed by atoms with Gasteiger partial charge in [0.1, 0.15) is 5.82 Å². The van der Waals surface area contributed by atoms with Gasteiger partial charge >= 0.3 is 0 Å². The van der Waals surface area contributed by atoms with Crippen molar-refractivity contribution in [2.24, 2.45) is 0 Å². The number of nitrogens with one attached hydrogen (secondary N) is 1. The van der Waals surface area contributed by atoms with E-state index in [1.165, 1.54) is 5.56 Å². The first-order valence-electron chi connectivity index (χ1n) is 7.94. The fourth-order valence-electron chi connectivity index (χ4n) is 2.75. The molecule has 0 radical (unpaired) electrons. The number of hydrogen-bond acceptors (Lipinski definition) is 2. The molecule has 1 N–H and O–H groups in total. The fourth-order valence-corrected chi connectivity index (χ4v) is 2.75. The number of aromatic nitrogens is 3. The summed E-state index contributed by atoms with van der Waals surface area (Å²) in [6.07, 6.45) is 3.60. The third-order valence-corrected chi connectivity index (χ3v) is 4.05. The first-order valence-corrected chi connectivity index (χ1v) is 7.94. The molecule has 0 bridgehead atoms. The largest absolute Gasteiger partial charge is 0.337 e. The lowest BCUT2D eigenvalue weighted by atomic mass is 10.1. The first-order chi connectivity index (χ1) is 11.8. The number of aromatic amines is 1. The molecule has 0 unspecified atom stereocenters. The number of imidazole rings is 1. The summed E-state index contributed by atoms with van der Waals surface area (Å²) in [4.78, 5) is 12.5. The van der Waals surface area contributed by atoms with Crippen LogP contribution in [-0.4, -0.2) is 15.0 Å². The van der Waals surface area contributed by atoms with Crippen molar-refractivity contribution >= 4 is 0 Å². The van der Waals surface area contributed by atoms with Gasteiger partial charge in [-0.2, -0.15) is 0 Å². The quantitative estimate of drug-likeness (QED) is 0.571. The van der Waals surface area contributed by atoms with E-state index in [2.05, 4.69) is 53.3 Å². The van der Waals surface area contributed by atoms with Gasteiger partial charge in [0.25, 0.3) is 0 Å². The lowest BCUT2D eigenvalue weighted by Gasteiger charge is -2.02. The molecule has 4 rings (SSSR count). The van der Waals surface area contributed by atoms with Gasteiger partial charge in [-0.25, -0.2) is 4.98 Å². The Labute approximate surface area is 141 Å². The second kappa shape index (κ2) is 6.13. The van der Waals surface area contributed by atoms with Gasteiger partial charge in [0.2, 0.25) is 0 Å². The molecule has 0 fully saturated rings. The van der Waals surface area contributed by atoms with E-state index in [0.717, 1.165) is 33.9 Å². The van der Waals surface area contributed by atoms with Gasteiger partial charge in [-0.15, -0.1) is 0 Å². The second-order valence-electron chi connectivity index (χ2n) is 5.78. The maximum atomic E-state index is 4.88. The maximum absolute atomic E-state index is 4.88. The van der Waals surface area contributed by atoms with E-state index in [9.17, 15) is 0 Å². The van der Waals surface area contributed by atoms with E-state index in [1.54, 1.807) is 12.4 Å². The van der Waals surface area contributed by atoms with E-state index in [4.69, 9.17) is 4.98 Å². The zero-order valence-corrected chi connectivity index (χ0v) is 13.4. The van der Waals surface area contributed by atoms with Crippen LogP contribution in [0.5, 0.6) is 0 Å². The molecule has 3 nitrogen and oxygen atoms in total. The van der Waals surface area contributed by atoms with Crippen molar-refractivity contribution in [1.82, 2.24) is 15.0 Å². The normalized spacial score (nSPS) is 10.7. The summed E-state index contributed by atoms with van der Waals surface area (Å²) >= 11 is 0. The molecule has 0 spiro atoms. The number of hydrogen-bond donors (Lipinski definition) is 1.